The second kappa shape index (κ2) is 12.6. The van der Waals surface area contributed by atoms with Crippen molar-refractivity contribution in [3.8, 4) is 5.75 Å². The first-order valence-corrected chi connectivity index (χ1v) is 14.3. The molecule has 234 valence electrons. The van der Waals surface area contributed by atoms with Gasteiger partial charge in [0.15, 0.2) is 0 Å². The molecule has 0 spiro atoms. The maximum Gasteiger partial charge on any atom is 0.416 e. The van der Waals surface area contributed by atoms with Crippen LogP contribution in [0.3, 0.4) is 0 Å². The minimum atomic E-state index is -4.83. The largest absolute Gasteiger partial charge is 0.461 e. The van der Waals surface area contributed by atoms with Gasteiger partial charge in [-0.15, -0.1) is 0 Å². The van der Waals surface area contributed by atoms with Crippen molar-refractivity contribution in [2.45, 2.75) is 57.1 Å². The second-order valence-electron chi connectivity index (χ2n) is 11.4. The number of likely N-dealkylation sites (tertiary alicyclic amines) is 1. The molecule has 0 aromatic heterocycles. The molecule has 5 nitrogen and oxygen atoms in total. The van der Waals surface area contributed by atoms with Crippen LogP contribution < -0.4 is 4.74 Å². The topological polar surface area (TPSA) is 55.8 Å². The smallest absolute Gasteiger partial charge is 0.416 e. The summed E-state index contributed by atoms with van der Waals surface area (Å²) < 4.78 is 91.5. The molecule has 2 aliphatic rings. The van der Waals surface area contributed by atoms with E-state index >= 15 is 0 Å². The number of ether oxygens (including phenoxy) is 2. The van der Waals surface area contributed by atoms with Crippen LogP contribution in [0.15, 0.2) is 72.8 Å². The number of alkyl halides is 6. The number of hydrogen-bond acceptors (Lipinski definition) is 5. The molecule has 11 heteroatoms. The van der Waals surface area contributed by atoms with Crippen LogP contribution in [0.5, 0.6) is 5.75 Å². The molecule has 1 aliphatic heterocycles. The van der Waals surface area contributed by atoms with E-state index < -0.39 is 47.0 Å². The molecule has 0 bridgehead atoms. The van der Waals surface area contributed by atoms with Crippen LogP contribution in [0.2, 0.25) is 0 Å². The fourth-order valence-corrected chi connectivity index (χ4v) is 5.56. The van der Waals surface area contributed by atoms with E-state index in [0.29, 0.717) is 24.1 Å². The summed E-state index contributed by atoms with van der Waals surface area (Å²) in [5.74, 6) is -1.09. The molecule has 1 aliphatic carbocycles. The van der Waals surface area contributed by atoms with E-state index in [1.165, 1.54) is 11.8 Å². The molecule has 3 aromatic carbocycles. The summed E-state index contributed by atoms with van der Waals surface area (Å²) in [6.07, 6.45) is -7.51. The van der Waals surface area contributed by atoms with E-state index in [1.807, 2.05) is 36.4 Å². The van der Waals surface area contributed by atoms with Gasteiger partial charge in [-0.2, -0.15) is 26.3 Å². The zero-order valence-corrected chi connectivity index (χ0v) is 23.8. The summed E-state index contributed by atoms with van der Waals surface area (Å²) in [7, 11) is 0. The lowest BCUT2D eigenvalue weighted by atomic mass is 9.90. The monoisotopic (exact) mass is 619 g/mol. The fraction of sp³-hybridized carbons (Fsp3) is 0.394. The highest BCUT2D eigenvalue weighted by atomic mass is 19.4. The van der Waals surface area contributed by atoms with Crippen LogP contribution in [0.4, 0.5) is 26.3 Å². The Labute approximate surface area is 250 Å². The highest BCUT2D eigenvalue weighted by Gasteiger charge is 2.42. The van der Waals surface area contributed by atoms with Crippen molar-refractivity contribution in [1.29, 1.82) is 0 Å². The van der Waals surface area contributed by atoms with Crippen molar-refractivity contribution in [2.75, 3.05) is 13.1 Å². The van der Waals surface area contributed by atoms with E-state index in [2.05, 4.69) is 0 Å². The summed E-state index contributed by atoms with van der Waals surface area (Å²) in [6.45, 7) is 1.63. The minimum absolute atomic E-state index is 0.0329. The molecule has 2 atom stereocenters. The van der Waals surface area contributed by atoms with Gasteiger partial charge in [-0.05, 0) is 78.6 Å². The zero-order valence-electron chi connectivity index (χ0n) is 23.8. The molecule has 3 aromatic rings. The van der Waals surface area contributed by atoms with Crippen molar-refractivity contribution in [2.24, 2.45) is 11.8 Å². The average Bonchev–Trinajstić information content (AvgIpc) is 3.79. The van der Waals surface area contributed by atoms with Gasteiger partial charge in [0.1, 0.15) is 12.4 Å². The van der Waals surface area contributed by atoms with Gasteiger partial charge in [0.2, 0.25) is 0 Å². The Kier molecular flexibility index (Phi) is 9.06. The van der Waals surface area contributed by atoms with Crippen LogP contribution in [0.25, 0.3) is 0 Å². The lowest BCUT2D eigenvalue weighted by molar-refractivity contribution is -0.147. The summed E-state index contributed by atoms with van der Waals surface area (Å²) >= 11 is 0. The highest BCUT2D eigenvalue weighted by Crippen LogP contribution is 2.45. The number of carbonyl (C=O) groups excluding carboxylic acids is 2. The summed E-state index contributed by atoms with van der Waals surface area (Å²) in [5.41, 5.74) is -1.09. The zero-order chi connectivity index (χ0) is 31.6. The van der Waals surface area contributed by atoms with Gasteiger partial charge in [-0.25, -0.2) is 0 Å². The Morgan fingerprint density at radius 2 is 1.59 bits per heavy atom. The van der Waals surface area contributed by atoms with Crippen LogP contribution in [0.1, 0.15) is 66.0 Å². The fourth-order valence-electron chi connectivity index (χ4n) is 5.56. The van der Waals surface area contributed by atoms with Crippen LogP contribution >= 0.6 is 0 Å². The van der Waals surface area contributed by atoms with Gasteiger partial charge in [-0.3, -0.25) is 14.5 Å². The molecule has 1 saturated heterocycles. The SMILES string of the molecule is CC(c1cc(C(F)(F)F)ccc1C(F)(F)F)N1CC(C(=O)Oc2cccc(C(CC(=O)OCc3ccccc3)C3CC3)c2)C1. The molecular weight excluding hydrogens is 588 g/mol. The molecule has 0 N–H and O–H groups in total. The Morgan fingerprint density at radius 3 is 2.23 bits per heavy atom. The molecule has 0 radical (unpaired) electrons. The molecule has 1 saturated carbocycles. The molecule has 1 heterocycles. The Bertz CT molecular complexity index is 1480. The van der Waals surface area contributed by atoms with Crippen molar-refractivity contribution in [1.82, 2.24) is 4.90 Å². The predicted molar refractivity (Wildman–Crippen MR) is 148 cm³/mol. The number of nitrogens with zero attached hydrogens (tertiary/aromatic N) is 1. The molecular formula is C33H31F6NO4. The van der Waals surface area contributed by atoms with Gasteiger partial charge in [0.25, 0.3) is 0 Å². The summed E-state index contributed by atoms with van der Waals surface area (Å²) in [5, 5.41) is 0. The summed E-state index contributed by atoms with van der Waals surface area (Å²) in [4.78, 5) is 27.0. The Balaban J connectivity index is 1.19. The maximum atomic E-state index is 13.6. The standard InChI is InChI=1S/C33H31F6NO4/c1-20(27-15-25(32(34,35)36)12-13-29(27)33(37,38)39)40-17-24(18-40)31(42)44-26-9-5-8-23(14-26)28(22-10-11-22)16-30(41)43-19-21-6-3-2-4-7-21/h2-9,12-15,20,22,24,28H,10-11,16-19H2,1H3. The Hall–Kier alpha value is -3.86. The van der Waals surface area contributed by atoms with E-state index in [-0.39, 0.29) is 43.8 Å². The number of rotatable bonds is 10. The lowest BCUT2D eigenvalue weighted by Gasteiger charge is -2.42. The maximum absolute atomic E-state index is 13.6. The van der Waals surface area contributed by atoms with E-state index in [1.54, 1.807) is 18.2 Å². The molecule has 5 rings (SSSR count). The number of carbonyl (C=O) groups is 2. The number of halogens is 6. The normalized spacial score (nSPS) is 17.4. The molecule has 2 unspecified atom stereocenters. The third-order valence-electron chi connectivity index (χ3n) is 8.25. The first kappa shape index (κ1) is 31.6. The molecule has 2 fully saturated rings. The van der Waals surface area contributed by atoms with Crippen LogP contribution in [-0.4, -0.2) is 29.9 Å². The number of esters is 2. The van der Waals surface area contributed by atoms with Gasteiger partial charge < -0.3 is 9.47 Å². The summed E-state index contributed by atoms with van der Waals surface area (Å²) in [6, 6.07) is 16.6. The van der Waals surface area contributed by atoms with Gasteiger partial charge in [-0.1, -0.05) is 42.5 Å². The highest BCUT2D eigenvalue weighted by molar-refractivity contribution is 5.77. The molecule has 44 heavy (non-hydrogen) atoms. The van der Waals surface area contributed by atoms with Crippen molar-refractivity contribution < 1.29 is 45.4 Å². The number of hydrogen-bond donors (Lipinski definition) is 0. The van der Waals surface area contributed by atoms with Gasteiger partial charge in [0.05, 0.1) is 23.5 Å². The first-order chi connectivity index (χ1) is 20.8. The van der Waals surface area contributed by atoms with Crippen LogP contribution in [0, 0.1) is 11.8 Å². The number of benzene rings is 3. The third kappa shape index (κ3) is 7.61. The Morgan fingerprint density at radius 1 is 0.886 bits per heavy atom. The minimum Gasteiger partial charge on any atom is -0.461 e. The van der Waals surface area contributed by atoms with E-state index in [9.17, 15) is 35.9 Å². The van der Waals surface area contributed by atoms with Crippen molar-refractivity contribution in [3.05, 3.63) is 101 Å². The second-order valence-corrected chi connectivity index (χ2v) is 11.4. The first-order valence-electron chi connectivity index (χ1n) is 14.3. The quantitative estimate of drug-likeness (QED) is 0.131. The van der Waals surface area contributed by atoms with Crippen molar-refractivity contribution >= 4 is 11.9 Å². The lowest BCUT2D eigenvalue weighted by Crippen LogP contribution is -2.52. The van der Waals surface area contributed by atoms with Crippen LogP contribution in [-0.2, 0) is 33.3 Å². The van der Waals surface area contributed by atoms with Gasteiger partial charge in [0, 0.05) is 19.1 Å². The third-order valence-corrected chi connectivity index (χ3v) is 8.25. The van der Waals surface area contributed by atoms with Crippen molar-refractivity contribution in [3.63, 3.8) is 0 Å². The predicted octanol–water partition coefficient (Wildman–Crippen LogP) is 7.95. The average molecular weight is 620 g/mol. The van der Waals surface area contributed by atoms with Gasteiger partial charge >= 0.3 is 24.3 Å². The van der Waals surface area contributed by atoms with E-state index in [0.717, 1.165) is 24.0 Å². The molecule has 0 amide bonds. The van der Waals surface area contributed by atoms with E-state index in [4.69, 9.17) is 9.47 Å².